The Kier molecular flexibility index (Phi) is 5.52. The van der Waals surface area contributed by atoms with E-state index >= 15 is 0 Å². The molecule has 1 aliphatic rings. The lowest BCUT2D eigenvalue weighted by Crippen LogP contribution is -2.50. The molecule has 1 aliphatic heterocycles. The quantitative estimate of drug-likeness (QED) is 0.750. The van der Waals surface area contributed by atoms with Gasteiger partial charge in [-0.3, -0.25) is 19.3 Å². The monoisotopic (exact) mass is 366 g/mol. The zero-order valence-corrected chi connectivity index (χ0v) is 15.1. The minimum Gasteiger partial charge on any atom is -0.351 e. The summed E-state index contributed by atoms with van der Waals surface area (Å²) in [6, 6.07) is 13.1. The number of nitrogens with zero attached hydrogens (tertiary/aromatic N) is 1. The highest BCUT2D eigenvalue weighted by Crippen LogP contribution is 2.35. The smallest absolute Gasteiger partial charge is 0.259 e. The fraction of sp³-hybridized carbons (Fsp3) is 0.250. The molecule has 1 atom stereocenters. The molecule has 3 rings (SSSR count). The molecule has 0 aromatic heterocycles. The third-order valence-electron chi connectivity index (χ3n) is 4.45. The average Bonchev–Trinajstić information content (AvgIpc) is 2.70. The Hall–Kier alpha value is -3.19. The van der Waals surface area contributed by atoms with Crippen LogP contribution < -0.4 is 21.3 Å². The molecule has 0 fully saturated rings. The minimum absolute atomic E-state index is 0.251. The van der Waals surface area contributed by atoms with Crippen LogP contribution in [-0.2, 0) is 4.79 Å². The summed E-state index contributed by atoms with van der Waals surface area (Å²) < 4.78 is 0. The van der Waals surface area contributed by atoms with Crippen LogP contribution in [0.3, 0.4) is 0 Å². The molecule has 2 aromatic rings. The first-order valence-corrected chi connectivity index (χ1v) is 8.88. The zero-order chi connectivity index (χ0) is 19.4. The summed E-state index contributed by atoms with van der Waals surface area (Å²) in [5.74, 6) is -0.802. The van der Waals surface area contributed by atoms with E-state index in [9.17, 15) is 14.4 Å². The molecule has 1 unspecified atom stereocenters. The van der Waals surface area contributed by atoms with Gasteiger partial charge in [-0.25, -0.2) is 0 Å². The van der Waals surface area contributed by atoms with Crippen molar-refractivity contribution in [1.29, 1.82) is 0 Å². The first-order chi connectivity index (χ1) is 13.1. The molecular formula is C20H22N4O3. The van der Waals surface area contributed by atoms with Crippen molar-refractivity contribution in [2.45, 2.75) is 19.4 Å². The molecule has 3 amide bonds. The first kappa shape index (κ1) is 18.6. The van der Waals surface area contributed by atoms with Gasteiger partial charge in [0.15, 0.2) is 0 Å². The fourth-order valence-corrected chi connectivity index (χ4v) is 3.12. The van der Waals surface area contributed by atoms with Crippen LogP contribution in [0.1, 0.15) is 34.1 Å². The maximum absolute atomic E-state index is 13.1. The number of benzene rings is 2. The topological polar surface area (TPSA) is 105 Å². The van der Waals surface area contributed by atoms with E-state index in [0.29, 0.717) is 42.0 Å². The van der Waals surface area contributed by atoms with Crippen LogP contribution in [0.5, 0.6) is 0 Å². The van der Waals surface area contributed by atoms with Gasteiger partial charge >= 0.3 is 0 Å². The van der Waals surface area contributed by atoms with E-state index in [-0.39, 0.29) is 17.7 Å². The number of carbonyl (C=O) groups excluding carboxylic acids is 3. The number of nitrogens with one attached hydrogen (secondary N) is 2. The number of rotatable bonds is 5. The molecule has 140 valence electrons. The van der Waals surface area contributed by atoms with E-state index in [1.54, 1.807) is 42.5 Å². The first-order valence-electron chi connectivity index (χ1n) is 8.88. The van der Waals surface area contributed by atoms with Gasteiger partial charge in [0.1, 0.15) is 6.04 Å². The summed E-state index contributed by atoms with van der Waals surface area (Å²) in [6.45, 7) is 2.55. The Morgan fingerprint density at radius 1 is 1.15 bits per heavy atom. The Labute approximate surface area is 157 Å². The molecule has 0 bridgehead atoms. The van der Waals surface area contributed by atoms with Gasteiger partial charge < -0.3 is 16.4 Å². The molecule has 0 spiro atoms. The maximum Gasteiger partial charge on any atom is 0.259 e. The molecule has 0 saturated heterocycles. The van der Waals surface area contributed by atoms with Crippen molar-refractivity contribution in [3.63, 3.8) is 0 Å². The third-order valence-corrected chi connectivity index (χ3v) is 4.45. The summed E-state index contributed by atoms with van der Waals surface area (Å²) >= 11 is 0. The Morgan fingerprint density at radius 3 is 2.56 bits per heavy atom. The van der Waals surface area contributed by atoms with Gasteiger partial charge in [0.2, 0.25) is 5.91 Å². The lowest BCUT2D eigenvalue weighted by molar-refractivity contribution is -0.117. The molecule has 7 heteroatoms. The lowest BCUT2D eigenvalue weighted by atomic mass is 10.0. The van der Waals surface area contributed by atoms with Crippen LogP contribution in [-0.4, -0.2) is 36.9 Å². The molecule has 27 heavy (non-hydrogen) atoms. The third kappa shape index (κ3) is 3.68. The van der Waals surface area contributed by atoms with Crippen molar-refractivity contribution in [3.8, 4) is 0 Å². The number of hydrogen-bond donors (Lipinski definition) is 3. The van der Waals surface area contributed by atoms with Crippen LogP contribution in [0, 0.1) is 0 Å². The van der Waals surface area contributed by atoms with E-state index < -0.39 is 6.04 Å². The molecule has 4 N–H and O–H groups in total. The second kappa shape index (κ2) is 8.01. The van der Waals surface area contributed by atoms with Crippen LogP contribution >= 0.6 is 0 Å². The Bertz CT molecular complexity index is 867. The van der Waals surface area contributed by atoms with Gasteiger partial charge in [-0.15, -0.1) is 0 Å². The normalized spacial score (nSPS) is 15.7. The van der Waals surface area contributed by atoms with Gasteiger partial charge in [-0.1, -0.05) is 25.1 Å². The van der Waals surface area contributed by atoms with Gasteiger partial charge in [0, 0.05) is 24.2 Å². The van der Waals surface area contributed by atoms with Crippen LogP contribution in [0.2, 0.25) is 0 Å². The van der Waals surface area contributed by atoms with Crippen molar-refractivity contribution < 1.29 is 14.4 Å². The number of anilines is 2. The van der Waals surface area contributed by atoms with Gasteiger partial charge in [-0.05, 0) is 36.8 Å². The predicted molar refractivity (Wildman–Crippen MR) is 104 cm³/mol. The van der Waals surface area contributed by atoms with Crippen molar-refractivity contribution in [3.05, 3.63) is 59.7 Å². The van der Waals surface area contributed by atoms with Gasteiger partial charge in [0.25, 0.3) is 11.8 Å². The summed E-state index contributed by atoms with van der Waals surface area (Å²) in [6.07, 6.45) is 0.475. The number of hydrogen-bond acceptors (Lipinski definition) is 4. The number of fused-ring (bicyclic) bond motifs is 1. The Morgan fingerprint density at radius 2 is 1.89 bits per heavy atom. The highest BCUT2D eigenvalue weighted by atomic mass is 16.2. The molecule has 7 nitrogen and oxygen atoms in total. The van der Waals surface area contributed by atoms with Crippen molar-refractivity contribution >= 4 is 29.1 Å². The maximum atomic E-state index is 13.1. The number of nitrogens with two attached hydrogens (primary N) is 1. The van der Waals surface area contributed by atoms with Crippen molar-refractivity contribution in [2.75, 3.05) is 23.3 Å². The average molecular weight is 366 g/mol. The van der Waals surface area contributed by atoms with E-state index in [1.165, 1.54) is 4.90 Å². The standard InChI is InChI=1S/C20H22N4O3/c1-2-16-19(26)23-15-12-14(18(25)22-11-10-21)8-9-17(15)24(16)20(27)13-6-4-3-5-7-13/h3-9,12,16H,2,10-11,21H2,1H3,(H,22,25)(H,23,26). The summed E-state index contributed by atoms with van der Waals surface area (Å²) in [7, 11) is 0. The predicted octanol–water partition coefficient (Wildman–Crippen LogP) is 1.75. The highest BCUT2D eigenvalue weighted by Gasteiger charge is 2.36. The molecule has 2 aromatic carbocycles. The molecular weight excluding hydrogens is 344 g/mol. The summed E-state index contributed by atoms with van der Waals surface area (Å²) in [4.78, 5) is 39.3. The molecule has 0 aliphatic carbocycles. The molecule has 1 heterocycles. The Balaban J connectivity index is 2.00. The van der Waals surface area contributed by atoms with E-state index in [0.717, 1.165) is 0 Å². The van der Waals surface area contributed by atoms with Crippen LogP contribution in [0.15, 0.2) is 48.5 Å². The minimum atomic E-state index is -0.609. The number of amides is 3. The van der Waals surface area contributed by atoms with Gasteiger partial charge in [0.05, 0.1) is 11.4 Å². The van der Waals surface area contributed by atoms with Crippen molar-refractivity contribution in [2.24, 2.45) is 5.73 Å². The van der Waals surface area contributed by atoms with Gasteiger partial charge in [-0.2, -0.15) is 0 Å². The van der Waals surface area contributed by atoms with E-state index in [2.05, 4.69) is 10.6 Å². The van der Waals surface area contributed by atoms with E-state index in [1.807, 2.05) is 13.0 Å². The van der Waals surface area contributed by atoms with Crippen LogP contribution in [0.4, 0.5) is 11.4 Å². The highest BCUT2D eigenvalue weighted by molar-refractivity contribution is 6.17. The van der Waals surface area contributed by atoms with E-state index in [4.69, 9.17) is 5.73 Å². The second-order valence-corrected chi connectivity index (χ2v) is 6.23. The molecule has 0 radical (unpaired) electrons. The molecule has 0 saturated carbocycles. The summed E-state index contributed by atoms with van der Waals surface area (Å²) in [5.41, 5.74) is 7.31. The number of carbonyl (C=O) groups is 3. The fourth-order valence-electron chi connectivity index (χ4n) is 3.12. The lowest BCUT2D eigenvalue weighted by Gasteiger charge is -2.36. The summed E-state index contributed by atoms with van der Waals surface area (Å²) in [5, 5.41) is 5.50. The van der Waals surface area contributed by atoms with Crippen LogP contribution in [0.25, 0.3) is 0 Å². The van der Waals surface area contributed by atoms with Crippen molar-refractivity contribution in [1.82, 2.24) is 5.32 Å². The zero-order valence-electron chi connectivity index (χ0n) is 15.1. The largest absolute Gasteiger partial charge is 0.351 e. The SMILES string of the molecule is CCC1C(=O)Nc2cc(C(=O)NCCN)ccc2N1C(=O)c1ccccc1. The second-order valence-electron chi connectivity index (χ2n) is 6.23.